The second kappa shape index (κ2) is 4.21. The van der Waals surface area contributed by atoms with Gasteiger partial charge < -0.3 is 4.74 Å². The molecule has 0 amide bonds. The first kappa shape index (κ1) is 13.4. The smallest absolute Gasteiger partial charge is 0.165 e. The molecular weight excluding hydrogens is 248 g/mol. The zero-order chi connectivity index (χ0) is 14.5. The van der Waals surface area contributed by atoms with Gasteiger partial charge in [-0.25, -0.2) is 0 Å². The molecule has 106 valence electrons. The molecule has 2 fully saturated rings. The van der Waals surface area contributed by atoms with Crippen molar-refractivity contribution in [3.8, 4) is 5.75 Å². The molecule has 0 heterocycles. The van der Waals surface area contributed by atoms with Gasteiger partial charge in [-0.05, 0) is 53.5 Å². The number of benzene rings is 1. The van der Waals surface area contributed by atoms with Crippen molar-refractivity contribution in [2.75, 3.05) is 7.11 Å². The normalized spacial score (nSPS) is 32.9. The Balaban J connectivity index is 1.99. The predicted molar refractivity (Wildman–Crippen MR) is 80.6 cm³/mol. The van der Waals surface area contributed by atoms with Crippen molar-refractivity contribution in [3.63, 3.8) is 0 Å². The van der Waals surface area contributed by atoms with Crippen molar-refractivity contribution in [3.05, 3.63) is 35.4 Å². The minimum Gasteiger partial charge on any atom is -0.497 e. The maximum Gasteiger partial charge on any atom is 0.165 e. The summed E-state index contributed by atoms with van der Waals surface area (Å²) in [7, 11) is 1.66. The molecule has 0 N–H and O–H groups in total. The second-order valence-electron chi connectivity index (χ2n) is 6.85. The molecule has 2 saturated carbocycles. The Morgan fingerprint density at radius 1 is 1.20 bits per heavy atom. The van der Waals surface area contributed by atoms with E-state index in [2.05, 4.69) is 26.8 Å². The molecule has 1 aromatic rings. The van der Waals surface area contributed by atoms with Crippen LogP contribution in [0.4, 0.5) is 0 Å². The zero-order valence-electron chi connectivity index (χ0n) is 12.7. The molecule has 2 atom stereocenters. The molecule has 0 aromatic heterocycles. The van der Waals surface area contributed by atoms with Gasteiger partial charge in [-0.2, -0.15) is 0 Å². The van der Waals surface area contributed by atoms with Gasteiger partial charge >= 0.3 is 0 Å². The molecule has 0 spiro atoms. The lowest BCUT2D eigenvalue weighted by atomic mass is 9.70. The number of hydrogen-bond donors (Lipinski definition) is 0. The van der Waals surface area contributed by atoms with E-state index in [1.807, 2.05) is 24.3 Å². The molecule has 2 bridgehead atoms. The fourth-order valence-electron chi connectivity index (χ4n) is 3.97. The second-order valence-corrected chi connectivity index (χ2v) is 6.85. The number of allylic oxidation sites excluding steroid dienone is 1. The largest absolute Gasteiger partial charge is 0.497 e. The molecule has 3 rings (SSSR count). The lowest BCUT2D eigenvalue weighted by Crippen LogP contribution is -2.32. The maximum atomic E-state index is 12.7. The van der Waals surface area contributed by atoms with E-state index in [1.165, 1.54) is 0 Å². The van der Waals surface area contributed by atoms with Gasteiger partial charge in [-0.1, -0.05) is 32.9 Å². The number of hydrogen-bond acceptors (Lipinski definition) is 2. The van der Waals surface area contributed by atoms with E-state index < -0.39 is 0 Å². The molecule has 0 radical (unpaired) electrons. The van der Waals surface area contributed by atoms with E-state index >= 15 is 0 Å². The molecule has 1 aromatic carbocycles. The summed E-state index contributed by atoms with van der Waals surface area (Å²) >= 11 is 0. The molecule has 2 aliphatic carbocycles. The van der Waals surface area contributed by atoms with Crippen molar-refractivity contribution in [2.45, 2.75) is 33.6 Å². The summed E-state index contributed by atoms with van der Waals surface area (Å²) in [5, 5.41) is 0. The lowest BCUT2D eigenvalue weighted by Gasteiger charge is -2.31. The number of rotatable bonds is 2. The number of ether oxygens (including phenoxy) is 1. The first-order chi connectivity index (χ1) is 9.40. The summed E-state index contributed by atoms with van der Waals surface area (Å²) in [6.45, 7) is 6.64. The fraction of sp³-hybridized carbons (Fsp3) is 0.500. The SMILES string of the molecule is COc1ccc(/C=C2/C(=O)[C@@]3(C)CC[C@@H]2C3(C)C)cc1. The van der Waals surface area contributed by atoms with Crippen LogP contribution in [0.2, 0.25) is 0 Å². The highest BCUT2D eigenvalue weighted by Gasteiger charge is 2.63. The molecule has 2 heteroatoms. The van der Waals surface area contributed by atoms with Gasteiger partial charge in [-0.15, -0.1) is 0 Å². The number of Topliss-reactive ketones (excluding diaryl/α,β-unsaturated/α-hetero) is 1. The van der Waals surface area contributed by atoms with Crippen molar-refractivity contribution in [2.24, 2.45) is 16.7 Å². The minimum absolute atomic E-state index is 0.0857. The van der Waals surface area contributed by atoms with Crippen LogP contribution >= 0.6 is 0 Å². The van der Waals surface area contributed by atoms with Crippen molar-refractivity contribution >= 4 is 11.9 Å². The van der Waals surface area contributed by atoms with Crippen LogP contribution in [-0.4, -0.2) is 12.9 Å². The maximum absolute atomic E-state index is 12.7. The first-order valence-electron chi connectivity index (χ1n) is 7.30. The average molecular weight is 270 g/mol. The number of carbonyl (C=O) groups excluding carboxylic acids is 1. The van der Waals surface area contributed by atoms with Gasteiger partial charge in [0.2, 0.25) is 0 Å². The number of ketones is 1. The first-order valence-corrected chi connectivity index (χ1v) is 7.30. The van der Waals surface area contributed by atoms with Gasteiger partial charge in [0.25, 0.3) is 0 Å². The molecule has 2 aliphatic rings. The molecule has 0 saturated heterocycles. The van der Waals surface area contributed by atoms with Crippen molar-refractivity contribution < 1.29 is 9.53 Å². The third-order valence-corrected chi connectivity index (χ3v) is 5.80. The van der Waals surface area contributed by atoms with E-state index in [0.29, 0.717) is 11.7 Å². The minimum atomic E-state index is -0.171. The average Bonchev–Trinajstić information content (AvgIpc) is 2.74. The summed E-state index contributed by atoms with van der Waals surface area (Å²) in [6, 6.07) is 7.91. The summed E-state index contributed by atoms with van der Waals surface area (Å²) < 4.78 is 5.17. The van der Waals surface area contributed by atoms with E-state index in [-0.39, 0.29) is 10.8 Å². The quantitative estimate of drug-likeness (QED) is 0.756. The highest BCUT2D eigenvalue weighted by Crippen LogP contribution is 2.65. The van der Waals surface area contributed by atoms with Crippen LogP contribution in [-0.2, 0) is 4.79 Å². The van der Waals surface area contributed by atoms with Gasteiger partial charge in [0.15, 0.2) is 5.78 Å². The van der Waals surface area contributed by atoms with Gasteiger partial charge in [0, 0.05) is 5.41 Å². The Kier molecular flexibility index (Phi) is 2.82. The third kappa shape index (κ3) is 1.60. The van der Waals surface area contributed by atoms with Gasteiger partial charge in [0.05, 0.1) is 7.11 Å². The van der Waals surface area contributed by atoms with Crippen LogP contribution < -0.4 is 4.74 Å². The molecule has 0 aliphatic heterocycles. The lowest BCUT2D eigenvalue weighted by molar-refractivity contribution is -0.125. The van der Waals surface area contributed by atoms with Crippen LogP contribution in [0, 0.1) is 16.7 Å². The van der Waals surface area contributed by atoms with Gasteiger partial charge in [-0.3, -0.25) is 4.79 Å². The highest BCUT2D eigenvalue weighted by molar-refractivity contribution is 6.07. The van der Waals surface area contributed by atoms with E-state index in [0.717, 1.165) is 29.7 Å². The number of methoxy groups -OCH3 is 1. The Hall–Kier alpha value is -1.57. The monoisotopic (exact) mass is 270 g/mol. The third-order valence-electron chi connectivity index (χ3n) is 5.80. The van der Waals surface area contributed by atoms with E-state index in [4.69, 9.17) is 4.74 Å². The number of carbonyl (C=O) groups is 1. The Morgan fingerprint density at radius 3 is 2.35 bits per heavy atom. The zero-order valence-corrected chi connectivity index (χ0v) is 12.7. The van der Waals surface area contributed by atoms with E-state index in [9.17, 15) is 4.79 Å². The summed E-state index contributed by atoms with van der Waals surface area (Å²) in [5.41, 5.74) is 2.02. The highest BCUT2D eigenvalue weighted by atomic mass is 16.5. The summed E-state index contributed by atoms with van der Waals surface area (Å²) in [6.07, 6.45) is 4.25. The Bertz CT molecular complexity index is 580. The molecule has 20 heavy (non-hydrogen) atoms. The topological polar surface area (TPSA) is 26.3 Å². The van der Waals surface area contributed by atoms with Crippen LogP contribution in [0.25, 0.3) is 6.08 Å². The molecular formula is C18H22O2. The molecule has 2 nitrogen and oxygen atoms in total. The number of fused-ring (bicyclic) bond motifs is 2. The summed E-state index contributed by atoms with van der Waals surface area (Å²) in [5.74, 6) is 1.61. The van der Waals surface area contributed by atoms with Crippen LogP contribution in [0.3, 0.4) is 0 Å². The fourth-order valence-corrected chi connectivity index (χ4v) is 3.97. The van der Waals surface area contributed by atoms with Crippen molar-refractivity contribution in [1.82, 2.24) is 0 Å². The van der Waals surface area contributed by atoms with Crippen molar-refractivity contribution in [1.29, 1.82) is 0 Å². The molecule has 0 unspecified atom stereocenters. The van der Waals surface area contributed by atoms with Gasteiger partial charge in [0.1, 0.15) is 5.75 Å². The Labute approximate surface area is 120 Å². The Morgan fingerprint density at radius 2 is 1.85 bits per heavy atom. The van der Waals surface area contributed by atoms with Crippen LogP contribution in [0.1, 0.15) is 39.2 Å². The predicted octanol–water partition coefficient (Wildman–Crippen LogP) is 4.10. The summed E-state index contributed by atoms with van der Waals surface area (Å²) in [4.78, 5) is 12.7. The van der Waals surface area contributed by atoms with Crippen LogP contribution in [0.5, 0.6) is 5.75 Å². The van der Waals surface area contributed by atoms with E-state index in [1.54, 1.807) is 7.11 Å². The van der Waals surface area contributed by atoms with Crippen LogP contribution in [0.15, 0.2) is 29.8 Å². The standard InChI is InChI=1S/C18H22O2/c1-17(2)15-9-10-18(17,3)16(19)14(15)11-12-5-7-13(20-4)8-6-12/h5-8,11,15H,9-10H2,1-4H3/b14-11+/t15-,18+/m0/s1.